The van der Waals surface area contributed by atoms with Crippen molar-refractivity contribution in [3.63, 3.8) is 0 Å². The van der Waals surface area contributed by atoms with E-state index >= 15 is 0 Å². The maximum Gasteiger partial charge on any atom is 0.305 e. The third kappa shape index (κ3) is 2.71. The molecular weight excluding hydrogens is 251 g/mol. The summed E-state index contributed by atoms with van der Waals surface area (Å²) in [5, 5.41) is 20.0. The van der Waals surface area contributed by atoms with Gasteiger partial charge in [-0.3, -0.25) is 10.1 Å². The fourth-order valence-electron chi connectivity index (χ4n) is 2.33. The molecule has 1 aromatic rings. The van der Waals surface area contributed by atoms with Gasteiger partial charge in [0.2, 0.25) is 5.82 Å². The van der Waals surface area contributed by atoms with E-state index in [1.807, 2.05) is 0 Å². The Bertz CT molecular complexity index is 533. The zero-order valence-electron chi connectivity index (χ0n) is 10.3. The smallest absolute Gasteiger partial charge is 0.305 e. The molecule has 0 amide bonds. The Labute approximate surface area is 109 Å². The second kappa shape index (κ2) is 5.33. The first-order valence-electron chi connectivity index (χ1n) is 5.99. The van der Waals surface area contributed by atoms with Gasteiger partial charge in [0, 0.05) is 12.7 Å². The second-order valence-electron chi connectivity index (χ2n) is 4.73. The molecule has 1 atom stereocenters. The van der Waals surface area contributed by atoms with Crippen molar-refractivity contribution in [2.24, 2.45) is 5.41 Å². The Balaban J connectivity index is 2.30. The molecule has 6 heteroatoms. The molecule has 1 aromatic carbocycles. The molecular formula is C13H13FN2O3. The van der Waals surface area contributed by atoms with Crippen LogP contribution in [0.15, 0.2) is 18.2 Å². The van der Waals surface area contributed by atoms with Crippen LogP contribution in [0.5, 0.6) is 0 Å². The van der Waals surface area contributed by atoms with Gasteiger partial charge in [0.1, 0.15) is 0 Å². The summed E-state index contributed by atoms with van der Waals surface area (Å²) in [6.45, 7) is 0.840. The van der Waals surface area contributed by atoms with Gasteiger partial charge in [0.25, 0.3) is 0 Å². The average Bonchev–Trinajstić information content (AvgIpc) is 2.42. The fourth-order valence-corrected chi connectivity index (χ4v) is 2.33. The van der Waals surface area contributed by atoms with Crippen LogP contribution in [0.1, 0.15) is 18.4 Å². The first-order chi connectivity index (χ1) is 9.08. The van der Waals surface area contributed by atoms with Crippen LogP contribution in [0.25, 0.3) is 0 Å². The molecule has 1 heterocycles. The fraction of sp³-hybridized carbons (Fsp3) is 0.462. The monoisotopic (exact) mass is 264 g/mol. The molecule has 100 valence electrons. The molecule has 5 nitrogen and oxygen atoms in total. The first-order valence-corrected chi connectivity index (χ1v) is 5.99. The summed E-state index contributed by atoms with van der Waals surface area (Å²) in [5.74, 6) is -0.854. The van der Waals surface area contributed by atoms with Crippen molar-refractivity contribution in [2.75, 3.05) is 13.2 Å². The van der Waals surface area contributed by atoms with Crippen molar-refractivity contribution in [1.82, 2.24) is 0 Å². The number of rotatable bonds is 3. The Morgan fingerprint density at radius 2 is 2.37 bits per heavy atom. The van der Waals surface area contributed by atoms with Gasteiger partial charge in [-0.15, -0.1) is 0 Å². The molecule has 1 saturated heterocycles. The van der Waals surface area contributed by atoms with Gasteiger partial charge in [0.05, 0.1) is 23.0 Å². The predicted octanol–water partition coefficient (Wildman–Crippen LogP) is 2.60. The Morgan fingerprint density at radius 3 is 2.95 bits per heavy atom. The molecule has 0 radical (unpaired) electrons. The number of nitro benzene ring substituents is 1. The summed E-state index contributed by atoms with van der Waals surface area (Å²) in [6, 6.07) is 6.22. The van der Waals surface area contributed by atoms with Crippen molar-refractivity contribution < 1.29 is 14.1 Å². The third-order valence-electron chi connectivity index (χ3n) is 3.34. The predicted molar refractivity (Wildman–Crippen MR) is 64.9 cm³/mol. The summed E-state index contributed by atoms with van der Waals surface area (Å²) in [6.07, 6.45) is 1.49. The van der Waals surface area contributed by atoms with Crippen molar-refractivity contribution >= 4 is 5.69 Å². The van der Waals surface area contributed by atoms with Crippen molar-refractivity contribution in [3.8, 4) is 6.07 Å². The Morgan fingerprint density at radius 1 is 1.58 bits per heavy atom. The SMILES string of the molecule is N#CC1(Cc2cccc([N+](=O)[O-])c2F)CCCOC1. The van der Waals surface area contributed by atoms with E-state index in [4.69, 9.17) is 4.74 Å². The highest BCUT2D eigenvalue weighted by atomic mass is 19.1. The summed E-state index contributed by atoms with van der Waals surface area (Å²) in [4.78, 5) is 9.94. The van der Waals surface area contributed by atoms with E-state index in [0.717, 1.165) is 12.5 Å². The van der Waals surface area contributed by atoms with Gasteiger partial charge in [-0.1, -0.05) is 12.1 Å². The molecule has 0 aromatic heterocycles. The number of nitro groups is 1. The normalized spacial score (nSPS) is 22.7. The molecule has 1 unspecified atom stereocenters. The average molecular weight is 264 g/mol. The standard InChI is InChI=1S/C13H13FN2O3/c14-12-10(3-1-4-11(12)16(17)18)7-13(8-15)5-2-6-19-9-13/h1,3-4H,2,5-7,9H2. The van der Waals surface area contributed by atoms with Gasteiger partial charge in [-0.25, -0.2) is 0 Å². The number of nitriles is 1. The number of benzene rings is 1. The Hall–Kier alpha value is -2.00. The van der Waals surface area contributed by atoms with E-state index in [1.165, 1.54) is 12.1 Å². The topological polar surface area (TPSA) is 76.2 Å². The molecule has 2 rings (SSSR count). The zero-order chi connectivity index (χ0) is 13.9. The maximum atomic E-state index is 14.0. The number of hydrogen-bond acceptors (Lipinski definition) is 4. The van der Waals surface area contributed by atoms with Crippen molar-refractivity contribution in [1.29, 1.82) is 5.26 Å². The van der Waals surface area contributed by atoms with Crippen LogP contribution >= 0.6 is 0 Å². The maximum absolute atomic E-state index is 14.0. The molecule has 0 saturated carbocycles. The van der Waals surface area contributed by atoms with E-state index in [9.17, 15) is 19.8 Å². The van der Waals surface area contributed by atoms with E-state index in [0.29, 0.717) is 13.0 Å². The van der Waals surface area contributed by atoms with Gasteiger partial charge < -0.3 is 4.74 Å². The van der Waals surface area contributed by atoms with Gasteiger partial charge in [-0.05, 0) is 24.8 Å². The number of ether oxygens (including phenoxy) is 1. The van der Waals surface area contributed by atoms with Gasteiger partial charge in [0.15, 0.2) is 0 Å². The summed E-state index contributed by atoms with van der Waals surface area (Å²) in [7, 11) is 0. The lowest BCUT2D eigenvalue weighted by Crippen LogP contribution is -2.32. The molecule has 1 aliphatic rings. The first kappa shape index (κ1) is 13.4. The lowest BCUT2D eigenvalue weighted by Gasteiger charge is -2.30. The number of hydrogen-bond donors (Lipinski definition) is 0. The summed E-state index contributed by atoms with van der Waals surface area (Å²) in [5.41, 5.74) is -1.14. The minimum atomic E-state index is -0.854. The van der Waals surface area contributed by atoms with Crippen molar-refractivity contribution in [3.05, 3.63) is 39.7 Å². The second-order valence-corrected chi connectivity index (χ2v) is 4.73. The van der Waals surface area contributed by atoms with Crippen molar-refractivity contribution in [2.45, 2.75) is 19.3 Å². The largest absolute Gasteiger partial charge is 0.380 e. The van der Waals surface area contributed by atoms with E-state index in [1.54, 1.807) is 0 Å². The highest BCUT2D eigenvalue weighted by Gasteiger charge is 2.35. The quantitative estimate of drug-likeness (QED) is 0.621. The lowest BCUT2D eigenvalue weighted by atomic mass is 9.78. The van der Waals surface area contributed by atoms with E-state index < -0.39 is 21.8 Å². The molecule has 0 aliphatic carbocycles. The number of halogens is 1. The molecule has 1 aliphatic heterocycles. The minimum Gasteiger partial charge on any atom is -0.380 e. The third-order valence-corrected chi connectivity index (χ3v) is 3.34. The molecule has 0 bridgehead atoms. The van der Waals surface area contributed by atoms with Gasteiger partial charge >= 0.3 is 5.69 Å². The van der Waals surface area contributed by atoms with Crippen LogP contribution in [0.4, 0.5) is 10.1 Å². The van der Waals surface area contributed by atoms with Crippen LogP contribution in [-0.4, -0.2) is 18.1 Å². The number of nitrogens with zero attached hydrogens (tertiary/aromatic N) is 2. The molecule has 0 N–H and O–H groups in total. The highest BCUT2D eigenvalue weighted by Crippen LogP contribution is 2.34. The summed E-state index contributed by atoms with van der Waals surface area (Å²) < 4.78 is 19.3. The van der Waals surface area contributed by atoms with Crippen LogP contribution in [0.3, 0.4) is 0 Å². The van der Waals surface area contributed by atoms with E-state index in [-0.39, 0.29) is 18.6 Å². The lowest BCUT2D eigenvalue weighted by molar-refractivity contribution is -0.387. The molecule has 1 fully saturated rings. The minimum absolute atomic E-state index is 0.136. The van der Waals surface area contributed by atoms with Crippen LogP contribution < -0.4 is 0 Å². The van der Waals surface area contributed by atoms with Crippen LogP contribution in [-0.2, 0) is 11.2 Å². The highest BCUT2D eigenvalue weighted by molar-refractivity contribution is 5.37. The Kier molecular flexibility index (Phi) is 3.76. The van der Waals surface area contributed by atoms with E-state index in [2.05, 4.69) is 6.07 Å². The zero-order valence-corrected chi connectivity index (χ0v) is 10.3. The summed E-state index contributed by atoms with van der Waals surface area (Å²) >= 11 is 0. The van der Waals surface area contributed by atoms with Crippen LogP contribution in [0, 0.1) is 32.7 Å². The molecule has 0 spiro atoms. The van der Waals surface area contributed by atoms with Gasteiger partial charge in [-0.2, -0.15) is 9.65 Å². The van der Waals surface area contributed by atoms with Crippen LogP contribution in [0.2, 0.25) is 0 Å². The molecule has 19 heavy (non-hydrogen) atoms.